The van der Waals surface area contributed by atoms with Gasteiger partial charge in [-0.25, -0.2) is 4.57 Å². The number of hydrogen-bond acceptors (Lipinski definition) is 9. The molecular weight excluding hydrogens is 309 g/mol. The summed E-state index contributed by atoms with van der Waals surface area (Å²) in [6, 6.07) is -0.816. The molecule has 1 aliphatic carbocycles. The molecule has 21 heavy (non-hydrogen) atoms. The van der Waals surface area contributed by atoms with Crippen LogP contribution in [0.1, 0.15) is 19.8 Å². The van der Waals surface area contributed by atoms with E-state index in [2.05, 4.69) is 14.2 Å². The van der Waals surface area contributed by atoms with Crippen molar-refractivity contribution in [3.63, 3.8) is 0 Å². The lowest BCUT2D eigenvalue weighted by molar-refractivity contribution is -0.173. The van der Waals surface area contributed by atoms with Crippen LogP contribution in [0, 0.1) is 4.91 Å². The number of nitroso groups, excluding NO2 is 1. The summed E-state index contributed by atoms with van der Waals surface area (Å²) in [4.78, 5) is 19.8. The summed E-state index contributed by atoms with van der Waals surface area (Å²) in [5.41, 5.74) is 0. The second-order valence-corrected chi connectivity index (χ2v) is 6.26. The van der Waals surface area contributed by atoms with Crippen molar-refractivity contribution in [1.82, 2.24) is 0 Å². The van der Waals surface area contributed by atoms with Crippen LogP contribution >= 0.6 is 7.82 Å². The Morgan fingerprint density at radius 2 is 1.86 bits per heavy atom. The van der Waals surface area contributed by atoms with E-state index in [1.54, 1.807) is 6.92 Å². The minimum atomic E-state index is -4.61. The summed E-state index contributed by atoms with van der Waals surface area (Å²) >= 11 is 0. The molecule has 1 rings (SSSR count). The van der Waals surface area contributed by atoms with E-state index < -0.39 is 51.0 Å². The monoisotopic (exact) mass is 329 g/mol. The van der Waals surface area contributed by atoms with Crippen molar-refractivity contribution in [2.24, 2.45) is 5.18 Å². The predicted molar refractivity (Wildman–Crippen MR) is 69.2 cm³/mol. The summed E-state index contributed by atoms with van der Waals surface area (Å²) in [5.74, 6) is 0. The molecule has 0 spiro atoms. The molecule has 1 fully saturated rings. The van der Waals surface area contributed by atoms with Gasteiger partial charge >= 0.3 is 7.82 Å². The van der Waals surface area contributed by atoms with Gasteiger partial charge in [0.05, 0.1) is 12.7 Å². The number of aliphatic hydroxyl groups is 4. The molecule has 1 saturated carbocycles. The number of nitrogens with zero attached hydrogens (tertiary/aromatic N) is 1. The van der Waals surface area contributed by atoms with Crippen molar-refractivity contribution >= 4 is 7.82 Å². The van der Waals surface area contributed by atoms with Gasteiger partial charge in [0.1, 0.15) is 30.5 Å². The van der Waals surface area contributed by atoms with Crippen LogP contribution in [0.2, 0.25) is 0 Å². The third-order valence-electron chi connectivity index (χ3n) is 3.27. The van der Waals surface area contributed by atoms with Gasteiger partial charge < -0.3 is 25.3 Å². The van der Waals surface area contributed by atoms with E-state index in [4.69, 9.17) is 0 Å². The summed E-state index contributed by atoms with van der Waals surface area (Å²) < 4.78 is 21.0. The van der Waals surface area contributed by atoms with Crippen LogP contribution in [0.4, 0.5) is 0 Å². The largest absolute Gasteiger partial charge is 0.472 e. The van der Waals surface area contributed by atoms with Crippen LogP contribution in [-0.4, -0.2) is 68.5 Å². The first-order valence-electron chi connectivity index (χ1n) is 6.42. The second-order valence-electron chi connectivity index (χ2n) is 4.85. The Bertz CT molecular complexity index is 395. The van der Waals surface area contributed by atoms with Crippen molar-refractivity contribution < 1.29 is 38.9 Å². The number of hydrogen-bond donors (Lipinski definition) is 5. The van der Waals surface area contributed by atoms with Gasteiger partial charge in [0.2, 0.25) is 0 Å². The third-order valence-corrected chi connectivity index (χ3v) is 4.28. The molecule has 0 aromatic rings. The van der Waals surface area contributed by atoms with Crippen LogP contribution in [0.25, 0.3) is 0 Å². The predicted octanol–water partition coefficient (Wildman–Crippen LogP) is -1.12. The van der Waals surface area contributed by atoms with Gasteiger partial charge in [0, 0.05) is 6.42 Å². The molecule has 0 aromatic carbocycles. The van der Waals surface area contributed by atoms with Crippen molar-refractivity contribution in [2.75, 3.05) is 6.61 Å². The summed E-state index contributed by atoms with van der Waals surface area (Å²) in [5, 5.41) is 40.6. The Kier molecular flexibility index (Phi) is 6.82. The van der Waals surface area contributed by atoms with Crippen LogP contribution in [0.3, 0.4) is 0 Å². The van der Waals surface area contributed by atoms with Gasteiger partial charge in [0.25, 0.3) is 0 Å². The van der Waals surface area contributed by atoms with E-state index in [1.807, 2.05) is 0 Å². The molecule has 5 N–H and O–H groups in total. The lowest BCUT2D eigenvalue weighted by atomic mass is 9.87. The van der Waals surface area contributed by atoms with Crippen LogP contribution < -0.4 is 0 Å². The van der Waals surface area contributed by atoms with Crippen LogP contribution in [0.5, 0.6) is 0 Å². The maximum absolute atomic E-state index is 11.7. The van der Waals surface area contributed by atoms with E-state index in [0.29, 0.717) is 6.42 Å². The smallest absolute Gasteiger partial charge is 0.390 e. The maximum atomic E-state index is 11.7. The Labute approximate surface area is 120 Å². The zero-order valence-corrected chi connectivity index (χ0v) is 12.2. The topological polar surface area (TPSA) is 166 Å². The standard InChI is InChI=1S/C10H20NO9P/c1-2-5(11-16)4-19-21(17,18)20-7-3-6(12)8(13)10(15)9(7)14/h5-10,12-15H,2-4H2,1H3,(H,17,18). The minimum absolute atomic E-state index is 0.305. The quantitative estimate of drug-likeness (QED) is 0.287. The van der Waals surface area contributed by atoms with E-state index in [0.717, 1.165) is 0 Å². The molecule has 0 aliphatic heterocycles. The van der Waals surface area contributed by atoms with Crippen LogP contribution in [-0.2, 0) is 13.6 Å². The fourth-order valence-corrected chi connectivity index (χ4v) is 2.85. The fourth-order valence-electron chi connectivity index (χ4n) is 1.88. The average molecular weight is 329 g/mol. The van der Waals surface area contributed by atoms with E-state index in [9.17, 15) is 34.8 Å². The lowest BCUT2D eigenvalue weighted by Crippen LogP contribution is -2.56. The number of rotatable bonds is 7. The van der Waals surface area contributed by atoms with Crippen LogP contribution in [0.15, 0.2) is 5.18 Å². The lowest BCUT2D eigenvalue weighted by Gasteiger charge is -2.38. The normalized spacial score (nSPS) is 37.7. The maximum Gasteiger partial charge on any atom is 0.472 e. The van der Waals surface area contributed by atoms with Gasteiger partial charge in [-0.1, -0.05) is 12.1 Å². The highest BCUT2D eigenvalue weighted by atomic mass is 31.2. The second kappa shape index (κ2) is 7.70. The molecule has 0 heterocycles. The molecule has 0 radical (unpaired) electrons. The molecule has 0 saturated heterocycles. The number of phosphoric acid groups is 1. The first-order chi connectivity index (χ1) is 9.71. The molecule has 124 valence electrons. The molecule has 7 unspecified atom stereocenters. The van der Waals surface area contributed by atoms with E-state index in [-0.39, 0.29) is 6.42 Å². The molecule has 0 bridgehead atoms. The molecule has 1 aliphatic rings. The Morgan fingerprint density at radius 1 is 1.24 bits per heavy atom. The SMILES string of the molecule is CCC(COP(=O)(O)OC1CC(O)C(O)C(O)C1O)N=O. The Morgan fingerprint density at radius 3 is 2.38 bits per heavy atom. The fraction of sp³-hybridized carbons (Fsp3) is 1.00. The first kappa shape index (κ1) is 18.6. The zero-order valence-electron chi connectivity index (χ0n) is 11.3. The highest BCUT2D eigenvalue weighted by molar-refractivity contribution is 7.47. The van der Waals surface area contributed by atoms with Crippen molar-refractivity contribution in [2.45, 2.75) is 56.3 Å². The van der Waals surface area contributed by atoms with Gasteiger partial charge in [0.15, 0.2) is 0 Å². The molecular formula is C10H20NO9P. The zero-order chi connectivity index (χ0) is 16.2. The number of phosphoric ester groups is 1. The molecule has 0 amide bonds. The van der Waals surface area contributed by atoms with Gasteiger partial charge in [-0.05, 0) is 6.42 Å². The van der Waals surface area contributed by atoms with Gasteiger partial charge in [-0.15, -0.1) is 0 Å². The van der Waals surface area contributed by atoms with E-state index >= 15 is 0 Å². The molecule has 7 atom stereocenters. The van der Waals surface area contributed by atoms with Crippen molar-refractivity contribution in [3.8, 4) is 0 Å². The van der Waals surface area contributed by atoms with E-state index in [1.165, 1.54) is 0 Å². The highest BCUT2D eigenvalue weighted by Crippen LogP contribution is 2.47. The Hall–Kier alpha value is -0.450. The third kappa shape index (κ3) is 5.04. The minimum Gasteiger partial charge on any atom is -0.390 e. The highest BCUT2D eigenvalue weighted by Gasteiger charge is 2.45. The molecule has 0 aromatic heterocycles. The average Bonchev–Trinajstić information content (AvgIpc) is 2.43. The van der Waals surface area contributed by atoms with Crippen molar-refractivity contribution in [3.05, 3.63) is 4.91 Å². The summed E-state index contributed by atoms with van der Waals surface area (Å²) in [6.45, 7) is 1.20. The number of aliphatic hydroxyl groups excluding tert-OH is 4. The van der Waals surface area contributed by atoms with Gasteiger partial charge in [-0.3, -0.25) is 9.05 Å². The molecule has 11 heteroatoms. The summed E-state index contributed by atoms with van der Waals surface area (Å²) in [7, 11) is -4.61. The summed E-state index contributed by atoms with van der Waals surface area (Å²) in [6.07, 6.45) is -7.86. The first-order valence-corrected chi connectivity index (χ1v) is 7.91. The van der Waals surface area contributed by atoms with Gasteiger partial charge in [-0.2, -0.15) is 4.91 Å². The van der Waals surface area contributed by atoms with Crippen molar-refractivity contribution in [1.29, 1.82) is 0 Å². The molecule has 10 nitrogen and oxygen atoms in total. The Balaban J connectivity index is 2.61.